The van der Waals surface area contributed by atoms with Crippen LogP contribution in [0.4, 0.5) is 0 Å². The number of carbonyl (C=O) groups is 1. The average Bonchev–Trinajstić information content (AvgIpc) is 2.24. The van der Waals surface area contributed by atoms with Crippen molar-refractivity contribution in [1.82, 2.24) is 8.96 Å². The molecule has 0 aromatic carbocycles. The molecule has 6 nitrogen and oxygen atoms in total. The zero-order chi connectivity index (χ0) is 11.1. The molecule has 0 aliphatic heterocycles. The van der Waals surface area contributed by atoms with E-state index in [1.54, 1.807) is 0 Å². The predicted molar refractivity (Wildman–Crippen MR) is 51.9 cm³/mol. The standard InChI is InChI=1S/C6H7BrN2O4S/c1-3-4(5(10)11)8-6(7)9(3)14(2,12)13/h1-2H3,(H,10,11). The largest absolute Gasteiger partial charge is 0.476 e. The number of hydrogen-bond donors (Lipinski definition) is 1. The maximum Gasteiger partial charge on any atom is 0.356 e. The highest BCUT2D eigenvalue weighted by Crippen LogP contribution is 2.18. The first-order chi connectivity index (χ1) is 6.25. The topological polar surface area (TPSA) is 89.3 Å². The zero-order valence-electron chi connectivity index (χ0n) is 7.35. The number of carboxylic acid groups (broad SMARTS) is 1. The van der Waals surface area contributed by atoms with E-state index in [0.29, 0.717) is 0 Å². The molecule has 14 heavy (non-hydrogen) atoms. The van der Waals surface area contributed by atoms with E-state index in [-0.39, 0.29) is 16.1 Å². The van der Waals surface area contributed by atoms with Crippen LogP contribution in [0.25, 0.3) is 0 Å². The number of halogens is 1. The molecule has 1 aromatic heterocycles. The Bertz CT molecular complexity index is 490. The van der Waals surface area contributed by atoms with Crippen molar-refractivity contribution in [2.75, 3.05) is 6.26 Å². The molecule has 0 aliphatic carbocycles. The number of hydrogen-bond acceptors (Lipinski definition) is 4. The van der Waals surface area contributed by atoms with E-state index in [1.165, 1.54) is 6.92 Å². The van der Waals surface area contributed by atoms with E-state index in [4.69, 9.17) is 5.11 Å². The van der Waals surface area contributed by atoms with Gasteiger partial charge in [-0.1, -0.05) is 0 Å². The van der Waals surface area contributed by atoms with Gasteiger partial charge in [0.1, 0.15) is 0 Å². The van der Waals surface area contributed by atoms with Crippen LogP contribution in [0, 0.1) is 6.92 Å². The van der Waals surface area contributed by atoms with Gasteiger partial charge < -0.3 is 5.11 Å². The molecule has 0 bridgehead atoms. The van der Waals surface area contributed by atoms with Crippen molar-refractivity contribution in [3.05, 3.63) is 16.1 Å². The third-order valence-corrected chi connectivity index (χ3v) is 3.43. The Kier molecular flexibility index (Phi) is 2.68. The van der Waals surface area contributed by atoms with Crippen molar-refractivity contribution >= 4 is 31.9 Å². The van der Waals surface area contributed by atoms with E-state index < -0.39 is 16.0 Å². The van der Waals surface area contributed by atoms with E-state index in [2.05, 4.69) is 20.9 Å². The molecule has 1 rings (SSSR count). The number of aromatic carboxylic acids is 1. The van der Waals surface area contributed by atoms with E-state index in [9.17, 15) is 13.2 Å². The normalized spacial score (nSPS) is 11.6. The molecule has 1 aromatic rings. The predicted octanol–water partition coefficient (Wildman–Crippen LogP) is 0.460. The number of nitrogens with zero attached hydrogens (tertiary/aromatic N) is 2. The van der Waals surface area contributed by atoms with E-state index >= 15 is 0 Å². The minimum Gasteiger partial charge on any atom is -0.476 e. The quantitative estimate of drug-likeness (QED) is 0.851. The van der Waals surface area contributed by atoms with Gasteiger partial charge in [-0.3, -0.25) is 0 Å². The third-order valence-electron chi connectivity index (χ3n) is 1.55. The molecule has 0 radical (unpaired) electrons. The molecule has 1 heterocycles. The Labute approximate surface area is 88.7 Å². The summed E-state index contributed by atoms with van der Waals surface area (Å²) >= 11 is 2.88. The summed E-state index contributed by atoms with van der Waals surface area (Å²) in [6.07, 6.45) is 0.970. The Hall–Kier alpha value is -0.890. The Morgan fingerprint density at radius 3 is 2.29 bits per heavy atom. The molecule has 0 spiro atoms. The highest BCUT2D eigenvalue weighted by atomic mass is 79.9. The summed E-state index contributed by atoms with van der Waals surface area (Å²) < 4.78 is 23.2. The van der Waals surface area contributed by atoms with Gasteiger partial charge in [-0.2, -0.15) is 0 Å². The number of rotatable bonds is 2. The molecule has 8 heteroatoms. The minimum absolute atomic E-state index is 0.0325. The molecule has 0 atom stereocenters. The zero-order valence-corrected chi connectivity index (χ0v) is 9.76. The average molecular weight is 283 g/mol. The molecule has 0 unspecified atom stereocenters. The van der Waals surface area contributed by atoms with Gasteiger partial charge in [-0.25, -0.2) is 22.2 Å². The van der Waals surface area contributed by atoms with Crippen molar-refractivity contribution in [3.63, 3.8) is 0 Å². The lowest BCUT2D eigenvalue weighted by atomic mass is 10.4. The highest BCUT2D eigenvalue weighted by Gasteiger charge is 2.22. The van der Waals surface area contributed by atoms with Crippen LogP contribution in [-0.4, -0.2) is 34.7 Å². The van der Waals surface area contributed by atoms with Crippen LogP contribution in [-0.2, 0) is 10.0 Å². The second-order valence-electron chi connectivity index (χ2n) is 2.65. The van der Waals surface area contributed by atoms with Gasteiger partial charge in [0.25, 0.3) is 0 Å². The lowest BCUT2D eigenvalue weighted by Gasteiger charge is -2.02. The Balaban J connectivity index is 3.56. The summed E-state index contributed by atoms with van der Waals surface area (Å²) in [5.74, 6) is -1.26. The lowest BCUT2D eigenvalue weighted by molar-refractivity contribution is 0.0690. The summed E-state index contributed by atoms with van der Waals surface area (Å²) in [7, 11) is -3.53. The second-order valence-corrected chi connectivity index (χ2v) is 5.19. The molecule has 0 saturated carbocycles. The Morgan fingerprint density at radius 1 is 1.57 bits per heavy atom. The first-order valence-electron chi connectivity index (χ1n) is 3.44. The van der Waals surface area contributed by atoms with Gasteiger partial charge in [0.05, 0.1) is 11.9 Å². The summed E-state index contributed by atoms with van der Waals surface area (Å²) in [5, 5.41) is 8.68. The van der Waals surface area contributed by atoms with Crippen molar-refractivity contribution < 1.29 is 18.3 Å². The van der Waals surface area contributed by atoms with Gasteiger partial charge in [0.15, 0.2) is 10.4 Å². The van der Waals surface area contributed by atoms with E-state index in [1.807, 2.05) is 0 Å². The second kappa shape index (κ2) is 3.35. The SMILES string of the molecule is Cc1c(C(=O)O)nc(Br)n1S(C)(=O)=O. The summed E-state index contributed by atoms with van der Waals surface area (Å²) in [6.45, 7) is 1.38. The van der Waals surface area contributed by atoms with Gasteiger partial charge >= 0.3 is 5.97 Å². The van der Waals surface area contributed by atoms with E-state index in [0.717, 1.165) is 10.2 Å². The lowest BCUT2D eigenvalue weighted by Crippen LogP contribution is -2.12. The number of imidazole rings is 1. The third kappa shape index (κ3) is 1.80. The van der Waals surface area contributed by atoms with Gasteiger partial charge in [0.2, 0.25) is 10.0 Å². The fourth-order valence-electron chi connectivity index (χ4n) is 1.04. The van der Waals surface area contributed by atoms with Crippen molar-refractivity contribution in [3.8, 4) is 0 Å². The summed E-state index contributed by atoms with van der Waals surface area (Å²) in [5.41, 5.74) is -0.200. The molecule has 0 fully saturated rings. The molecular weight excluding hydrogens is 276 g/mol. The Morgan fingerprint density at radius 2 is 2.07 bits per heavy atom. The molecule has 78 valence electrons. The van der Waals surface area contributed by atoms with Crippen LogP contribution in [0.3, 0.4) is 0 Å². The maximum atomic E-state index is 11.2. The minimum atomic E-state index is -3.53. The fourth-order valence-corrected chi connectivity index (χ4v) is 3.17. The molecular formula is C6H7BrN2O4S. The van der Waals surface area contributed by atoms with Gasteiger partial charge in [-0.05, 0) is 22.9 Å². The first kappa shape index (κ1) is 11.2. The molecule has 0 aliphatic rings. The molecule has 0 saturated heterocycles. The van der Waals surface area contributed by atoms with Crippen LogP contribution < -0.4 is 0 Å². The van der Waals surface area contributed by atoms with Gasteiger partial charge in [-0.15, -0.1) is 0 Å². The number of aromatic nitrogens is 2. The van der Waals surface area contributed by atoms with Crippen LogP contribution in [0.2, 0.25) is 0 Å². The van der Waals surface area contributed by atoms with Crippen LogP contribution >= 0.6 is 15.9 Å². The monoisotopic (exact) mass is 282 g/mol. The number of carboxylic acids is 1. The van der Waals surface area contributed by atoms with Crippen LogP contribution in [0.15, 0.2) is 4.73 Å². The van der Waals surface area contributed by atoms with Crippen molar-refractivity contribution in [1.29, 1.82) is 0 Å². The summed E-state index contributed by atoms with van der Waals surface area (Å²) in [6, 6.07) is 0. The highest BCUT2D eigenvalue weighted by molar-refractivity contribution is 9.10. The first-order valence-corrected chi connectivity index (χ1v) is 6.08. The van der Waals surface area contributed by atoms with Gasteiger partial charge in [0, 0.05) is 0 Å². The van der Waals surface area contributed by atoms with Crippen molar-refractivity contribution in [2.45, 2.75) is 6.92 Å². The van der Waals surface area contributed by atoms with Crippen LogP contribution in [0.5, 0.6) is 0 Å². The molecule has 0 amide bonds. The maximum absolute atomic E-state index is 11.2. The van der Waals surface area contributed by atoms with Crippen LogP contribution in [0.1, 0.15) is 16.2 Å². The smallest absolute Gasteiger partial charge is 0.356 e. The van der Waals surface area contributed by atoms with Crippen molar-refractivity contribution in [2.24, 2.45) is 0 Å². The molecule has 1 N–H and O–H groups in total. The fraction of sp³-hybridized carbons (Fsp3) is 0.333. The summed E-state index contributed by atoms with van der Waals surface area (Å²) in [4.78, 5) is 14.2.